The summed E-state index contributed by atoms with van der Waals surface area (Å²) < 4.78 is 10.1. The molecule has 0 radical (unpaired) electrons. The van der Waals surface area contributed by atoms with Crippen molar-refractivity contribution in [1.29, 1.82) is 0 Å². The van der Waals surface area contributed by atoms with E-state index >= 15 is 0 Å². The maximum atomic E-state index is 12.8. The van der Waals surface area contributed by atoms with Crippen molar-refractivity contribution in [2.75, 3.05) is 25.1 Å². The maximum Gasteiger partial charge on any atom is 0.410 e. The summed E-state index contributed by atoms with van der Waals surface area (Å²) in [6.45, 7) is 5.96. The summed E-state index contributed by atoms with van der Waals surface area (Å²) in [4.78, 5) is 40.0. The van der Waals surface area contributed by atoms with Gasteiger partial charge in [0, 0.05) is 25.3 Å². The minimum atomic E-state index is -0.967. The first-order valence-corrected chi connectivity index (χ1v) is 9.68. The molecule has 0 saturated heterocycles. The van der Waals surface area contributed by atoms with Gasteiger partial charge < -0.3 is 19.3 Å². The quantitative estimate of drug-likeness (QED) is 0.535. The van der Waals surface area contributed by atoms with Gasteiger partial charge in [0.05, 0.1) is 7.11 Å². The van der Waals surface area contributed by atoms with Crippen LogP contribution >= 0.6 is 0 Å². The average Bonchev–Trinajstić information content (AvgIpc) is 2.72. The van der Waals surface area contributed by atoms with E-state index in [1.54, 1.807) is 45.0 Å². The van der Waals surface area contributed by atoms with Gasteiger partial charge in [0.15, 0.2) is 0 Å². The fourth-order valence-electron chi connectivity index (χ4n) is 2.74. The number of carbonyl (C=O) groups is 3. The Morgan fingerprint density at radius 3 is 1.97 bits per heavy atom. The van der Waals surface area contributed by atoms with E-state index in [-0.39, 0.29) is 13.1 Å². The minimum absolute atomic E-state index is 0.101. The Kier molecular flexibility index (Phi) is 7.98. The van der Waals surface area contributed by atoms with E-state index < -0.39 is 23.6 Å². The zero-order valence-corrected chi connectivity index (χ0v) is 17.8. The standard InChI is InChI=1S/C23H28N2O5/c1-23(2,3)30-22(28)24(17-18-11-7-5-8-12-18)15-16-25(20(26)21(27)29-4)19-13-9-6-10-14-19/h5-14H,15-17H2,1-4H3. The first-order chi connectivity index (χ1) is 14.2. The number of carbonyl (C=O) groups excluding carboxylic acids is 3. The van der Waals surface area contributed by atoms with Gasteiger partial charge in [0.1, 0.15) is 5.60 Å². The average molecular weight is 412 g/mol. The van der Waals surface area contributed by atoms with Crippen LogP contribution in [0.2, 0.25) is 0 Å². The lowest BCUT2D eigenvalue weighted by Crippen LogP contribution is -2.45. The molecule has 2 aromatic carbocycles. The van der Waals surface area contributed by atoms with Gasteiger partial charge in [0.2, 0.25) is 0 Å². The van der Waals surface area contributed by atoms with Gasteiger partial charge in [-0.2, -0.15) is 0 Å². The van der Waals surface area contributed by atoms with Gasteiger partial charge in [0.25, 0.3) is 0 Å². The molecule has 2 rings (SSSR count). The molecule has 2 amide bonds. The van der Waals surface area contributed by atoms with E-state index in [1.807, 2.05) is 36.4 Å². The van der Waals surface area contributed by atoms with Crippen LogP contribution in [0.1, 0.15) is 26.3 Å². The highest BCUT2D eigenvalue weighted by molar-refractivity contribution is 6.38. The Hall–Kier alpha value is -3.35. The Morgan fingerprint density at radius 2 is 1.43 bits per heavy atom. The van der Waals surface area contributed by atoms with Crippen molar-refractivity contribution in [3.8, 4) is 0 Å². The summed E-state index contributed by atoms with van der Waals surface area (Å²) in [5.41, 5.74) is 0.804. The smallest absolute Gasteiger partial charge is 0.410 e. The number of hydrogen-bond acceptors (Lipinski definition) is 5. The third kappa shape index (κ3) is 6.92. The highest BCUT2D eigenvalue weighted by Crippen LogP contribution is 2.16. The van der Waals surface area contributed by atoms with Gasteiger partial charge >= 0.3 is 18.0 Å². The molecule has 0 bridgehead atoms. The van der Waals surface area contributed by atoms with Crippen LogP contribution in [0.3, 0.4) is 0 Å². The molecule has 0 aliphatic rings. The monoisotopic (exact) mass is 412 g/mol. The fraction of sp³-hybridized carbons (Fsp3) is 0.348. The second kappa shape index (κ2) is 10.4. The first-order valence-electron chi connectivity index (χ1n) is 9.68. The van der Waals surface area contributed by atoms with Crippen molar-refractivity contribution in [3.63, 3.8) is 0 Å². The summed E-state index contributed by atoms with van der Waals surface area (Å²) in [5.74, 6) is -1.77. The van der Waals surface area contributed by atoms with Crippen molar-refractivity contribution >= 4 is 23.7 Å². The molecule has 160 valence electrons. The van der Waals surface area contributed by atoms with Crippen molar-refractivity contribution in [1.82, 2.24) is 4.90 Å². The molecule has 0 fully saturated rings. The highest BCUT2D eigenvalue weighted by Gasteiger charge is 2.27. The summed E-state index contributed by atoms with van der Waals surface area (Å²) in [5, 5.41) is 0. The van der Waals surface area contributed by atoms with Gasteiger partial charge in [-0.25, -0.2) is 9.59 Å². The van der Waals surface area contributed by atoms with Crippen LogP contribution < -0.4 is 4.90 Å². The van der Waals surface area contributed by atoms with Crippen LogP contribution in [0.15, 0.2) is 60.7 Å². The lowest BCUT2D eigenvalue weighted by atomic mass is 10.2. The molecule has 7 heteroatoms. The molecule has 0 atom stereocenters. The second-order valence-corrected chi connectivity index (χ2v) is 7.67. The van der Waals surface area contributed by atoms with Crippen molar-refractivity contribution < 1.29 is 23.9 Å². The number of rotatable bonds is 6. The van der Waals surface area contributed by atoms with Crippen molar-refractivity contribution in [2.24, 2.45) is 0 Å². The SMILES string of the molecule is COC(=O)C(=O)N(CCN(Cc1ccccc1)C(=O)OC(C)(C)C)c1ccccc1. The third-order valence-corrected chi connectivity index (χ3v) is 4.13. The second-order valence-electron chi connectivity index (χ2n) is 7.67. The lowest BCUT2D eigenvalue weighted by Gasteiger charge is -2.30. The number of amides is 2. The van der Waals surface area contributed by atoms with Crippen LogP contribution in [-0.4, -0.2) is 48.7 Å². The van der Waals surface area contributed by atoms with E-state index in [2.05, 4.69) is 4.74 Å². The Morgan fingerprint density at radius 1 is 0.867 bits per heavy atom. The van der Waals surface area contributed by atoms with Gasteiger partial charge in [-0.3, -0.25) is 4.79 Å². The lowest BCUT2D eigenvalue weighted by molar-refractivity contribution is -0.151. The molecule has 0 aliphatic heterocycles. The van der Waals surface area contributed by atoms with E-state index in [9.17, 15) is 14.4 Å². The summed E-state index contributed by atoms with van der Waals surface area (Å²) in [7, 11) is 1.16. The topological polar surface area (TPSA) is 76.2 Å². The summed E-state index contributed by atoms with van der Waals surface area (Å²) in [6.07, 6.45) is -0.495. The van der Waals surface area contributed by atoms with Crippen LogP contribution in [0.4, 0.5) is 10.5 Å². The van der Waals surface area contributed by atoms with Gasteiger partial charge in [-0.05, 0) is 38.5 Å². The normalized spacial score (nSPS) is 10.8. The number of benzene rings is 2. The van der Waals surface area contributed by atoms with Crippen LogP contribution in [-0.2, 0) is 25.6 Å². The third-order valence-electron chi connectivity index (χ3n) is 4.13. The molecule has 2 aromatic rings. The Bertz CT molecular complexity index is 847. The molecular formula is C23H28N2O5. The van der Waals surface area contributed by atoms with Gasteiger partial charge in [-0.1, -0.05) is 48.5 Å². The molecule has 0 aromatic heterocycles. The maximum absolute atomic E-state index is 12.8. The van der Waals surface area contributed by atoms with E-state index in [1.165, 1.54) is 9.80 Å². The Labute approximate surface area is 177 Å². The van der Waals surface area contributed by atoms with E-state index in [4.69, 9.17) is 4.74 Å². The molecule has 0 unspecified atom stereocenters. The predicted molar refractivity (Wildman–Crippen MR) is 114 cm³/mol. The number of methoxy groups -OCH3 is 1. The summed E-state index contributed by atoms with van der Waals surface area (Å²) in [6, 6.07) is 18.3. The fourth-order valence-corrected chi connectivity index (χ4v) is 2.74. The van der Waals surface area contributed by atoms with E-state index in [0.717, 1.165) is 12.7 Å². The molecule has 0 N–H and O–H groups in total. The Balaban J connectivity index is 2.23. The van der Waals surface area contributed by atoms with Gasteiger partial charge in [-0.15, -0.1) is 0 Å². The number of esters is 1. The number of nitrogens with zero attached hydrogens (tertiary/aromatic N) is 2. The molecule has 0 heterocycles. The predicted octanol–water partition coefficient (Wildman–Crippen LogP) is 3.63. The molecule has 7 nitrogen and oxygen atoms in total. The van der Waals surface area contributed by atoms with Crippen molar-refractivity contribution in [2.45, 2.75) is 32.9 Å². The summed E-state index contributed by atoms with van der Waals surface area (Å²) >= 11 is 0. The number of hydrogen-bond donors (Lipinski definition) is 0. The van der Waals surface area contributed by atoms with Crippen LogP contribution in [0.25, 0.3) is 0 Å². The molecule has 0 saturated carbocycles. The zero-order chi connectivity index (χ0) is 22.1. The van der Waals surface area contributed by atoms with Crippen LogP contribution in [0.5, 0.6) is 0 Å². The van der Waals surface area contributed by atoms with Crippen molar-refractivity contribution in [3.05, 3.63) is 66.2 Å². The number of para-hydroxylation sites is 1. The highest BCUT2D eigenvalue weighted by atomic mass is 16.6. The molecule has 0 aliphatic carbocycles. The zero-order valence-electron chi connectivity index (χ0n) is 17.8. The number of anilines is 1. The largest absolute Gasteiger partial charge is 0.462 e. The van der Waals surface area contributed by atoms with Crippen LogP contribution in [0, 0.1) is 0 Å². The molecule has 0 spiro atoms. The first kappa shape index (κ1) is 22.9. The number of ether oxygens (including phenoxy) is 2. The van der Waals surface area contributed by atoms with E-state index in [0.29, 0.717) is 12.2 Å². The molecule has 30 heavy (non-hydrogen) atoms. The minimum Gasteiger partial charge on any atom is -0.462 e. The molecular weight excluding hydrogens is 384 g/mol.